The zero-order valence-corrected chi connectivity index (χ0v) is 13.0. The molecule has 1 saturated heterocycles. The third-order valence-corrected chi connectivity index (χ3v) is 4.88. The van der Waals surface area contributed by atoms with E-state index in [0.717, 1.165) is 17.9 Å². The Morgan fingerprint density at radius 3 is 3.09 bits per heavy atom. The van der Waals surface area contributed by atoms with Crippen molar-refractivity contribution in [3.63, 3.8) is 0 Å². The molecule has 6 heteroatoms. The molecule has 0 aliphatic carbocycles. The first-order valence-corrected chi connectivity index (χ1v) is 7.70. The Kier molecular flexibility index (Phi) is 3.34. The number of anilines is 1. The molecule has 2 atom stereocenters. The van der Waals surface area contributed by atoms with Gasteiger partial charge in [-0.15, -0.1) is 0 Å². The molecule has 1 fully saturated rings. The van der Waals surface area contributed by atoms with Crippen LogP contribution >= 0.6 is 0 Å². The molecule has 0 unspecified atom stereocenters. The number of benzene rings is 1. The van der Waals surface area contributed by atoms with Crippen molar-refractivity contribution in [3.8, 4) is 11.6 Å². The molecule has 120 valence electrons. The lowest BCUT2D eigenvalue weighted by Gasteiger charge is -2.37. The molecule has 0 radical (unpaired) electrons. The van der Waals surface area contributed by atoms with E-state index in [9.17, 15) is 5.11 Å². The van der Waals surface area contributed by atoms with E-state index in [1.165, 1.54) is 0 Å². The Labute approximate surface area is 134 Å². The first kappa shape index (κ1) is 14.3. The Morgan fingerprint density at radius 1 is 1.39 bits per heavy atom. The highest BCUT2D eigenvalue weighted by Crippen LogP contribution is 2.49. The molecule has 2 aliphatic heterocycles. The number of fused-ring (bicyclic) bond motifs is 3. The number of nitrogens with zero attached hydrogens (tertiary/aromatic N) is 3. The van der Waals surface area contributed by atoms with Crippen LogP contribution in [0.5, 0.6) is 11.6 Å². The predicted molar refractivity (Wildman–Crippen MR) is 85.0 cm³/mol. The maximum Gasteiger partial charge on any atom is 0.228 e. The van der Waals surface area contributed by atoms with Gasteiger partial charge in [-0.25, -0.2) is 4.98 Å². The van der Waals surface area contributed by atoms with E-state index in [-0.39, 0.29) is 17.9 Å². The van der Waals surface area contributed by atoms with Crippen LogP contribution in [0.4, 0.5) is 5.95 Å². The number of aromatic nitrogens is 2. The largest absolute Gasteiger partial charge is 0.493 e. The normalized spacial score (nSPS) is 25.5. The fourth-order valence-electron chi connectivity index (χ4n) is 3.62. The van der Waals surface area contributed by atoms with Crippen LogP contribution < -0.4 is 14.4 Å². The highest BCUT2D eigenvalue weighted by atomic mass is 16.5. The van der Waals surface area contributed by atoms with Gasteiger partial charge in [-0.3, -0.25) is 0 Å². The van der Waals surface area contributed by atoms with Crippen LogP contribution in [0.1, 0.15) is 11.5 Å². The van der Waals surface area contributed by atoms with Gasteiger partial charge in [0.2, 0.25) is 11.8 Å². The molecule has 3 heterocycles. The van der Waals surface area contributed by atoms with Crippen molar-refractivity contribution in [2.45, 2.75) is 5.92 Å². The van der Waals surface area contributed by atoms with Crippen molar-refractivity contribution in [2.24, 2.45) is 5.41 Å². The minimum Gasteiger partial charge on any atom is -0.493 e. The van der Waals surface area contributed by atoms with Gasteiger partial charge in [-0.05, 0) is 11.6 Å². The van der Waals surface area contributed by atoms with Crippen molar-refractivity contribution in [1.82, 2.24) is 9.97 Å². The predicted octanol–water partition coefficient (Wildman–Crippen LogP) is 1.46. The van der Waals surface area contributed by atoms with Crippen LogP contribution in [0.15, 0.2) is 36.5 Å². The first-order valence-electron chi connectivity index (χ1n) is 7.70. The molecule has 4 rings (SSSR count). The third kappa shape index (κ3) is 2.21. The molecule has 2 aliphatic rings. The second-order valence-corrected chi connectivity index (χ2v) is 6.18. The number of aliphatic hydroxyl groups is 1. The topological polar surface area (TPSA) is 67.7 Å². The maximum atomic E-state index is 10.1. The summed E-state index contributed by atoms with van der Waals surface area (Å²) in [4.78, 5) is 10.9. The first-order chi connectivity index (χ1) is 11.3. The highest BCUT2D eigenvalue weighted by Gasteiger charge is 2.51. The van der Waals surface area contributed by atoms with Gasteiger partial charge in [0.15, 0.2) is 0 Å². The van der Waals surface area contributed by atoms with Gasteiger partial charge in [-0.2, -0.15) is 4.98 Å². The minimum absolute atomic E-state index is 0.0759. The van der Waals surface area contributed by atoms with E-state index in [1.807, 2.05) is 18.2 Å². The minimum atomic E-state index is -0.319. The smallest absolute Gasteiger partial charge is 0.228 e. The van der Waals surface area contributed by atoms with Crippen LogP contribution in [-0.4, -0.2) is 48.5 Å². The monoisotopic (exact) mass is 313 g/mol. The number of rotatable bonds is 3. The molecule has 2 aromatic rings. The molecule has 23 heavy (non-hydrogen) atoms. The lowest BCUT2D eigenvalue weighted by Crippen LogP contribution is -2.42. The van der Waals surface area contributed by atoms with Crippen molar-refractivity contribution in [1.29, 1.82) is 0 Å². The number of aliphatic hydroxyl groups excluding tert-OH is 1. The summed E-state index contributed by atoms with van der Waals surface area (Å²) >= 11 is 0. The van der Waals surface area contributed by atoms with Gasteiger partial charge in [-0.1, -0.05) is 18.2 Å². The van der Waals surface area contributed by atoms with E-state index >= 15 is 0 Å². The Morgan fingerprint density at radius 2 is 2.26 bits per heavy atom. The quantitative estimate of drug-likeness (QED) is 0.925. The van der Waals surface area contributed by atoms with Crippen molar-refractivity contribution in [3.05, 3.63) is 42.1 Å². The Balaban J connectivity index is 1.70. The standard InChI is InChI=1S/C17H19N3O3/c1-22-15-6-7-18-16(19-15)20-8-13-12-4-2-3-5-14(12)23-11-17(13,9-20)10-21/h2-7,13,21H,8-11H2,1H3/t13-,17-/m1/s1. The SMILES string of the molecule is COc1ccnc(N2C[C@@H]3c4ccccc4OC[C@]3(CO)C2)n1. The summed E-state index contributed by atoms with van der Waals surface area (Å²) in [6.45, 7) is 2.00. The van der Waals surface area contributed by atoms with Crippen LogP contribution in [0.25, 0.3) is 0 Å². The van der Waals surface area contributed by atoms with Gasteiger partial charge >= 0.3 is 0 Å². The van der Waals surface area contributed by atoms with Gasteiger partial charge < -0.3 is 19.5 Å². The molecule has 1 aromatic heterocycles. The van der Waals surface area contributed by atoms with E-state index in [0.29, 0.717) is 25.0 Å². The summed E-state index contributed by atoms with van der Waals surface area (Å²) in [6, 6.07) is 9.79. The summed E-state index contributed by atoms with van der Waals surface area (Å²) in [5.41, 5.74) is 0.832. The second kappa shape index (κ2) is 5.38. The molecular weight excluding hydrogens is 294 g/mol. The zero-order chi connectivity index (χ0) is 15.9. The highest BCUT2D eigenvalue weighted by molar-refractivity contribution is 5.46. The number of hydrogen-bond donors (Lipinski definition) is 1. The van der Waals surface area contributed by atoms with E-state index in [1.54, 1.807) is 19.4 Å². The Bertz CT molecular complexity index is 724. The lowest BCUT2D eigenvalue weighted by molar-refractivity contribution is 0.0535. The van der Waals surface area contributed by atoms with Gasteiger partial charge in [0.05, 0.1) is 25.7 Å². The fourth-order valence-corrected chi connectivity index (χ4v) is 3.62. The fraction of sp³-hybridized carbons (Fsp3) is 0.412. The lowest BCUT2D eigenvalue weighted by atomic mass is 9.74. The van der Waals surface area contributed by atoms with Crippen LogP contribution in [0, 0.1) is 5.41 Å². The summed E-state index contributed by atoms with van der Waals surface area (Å²) in [6.07, 6.45) is 1.69. The molecule has 6 nitrogen and oxygen atoms in total. The van der Waals surface area contributed by atoms with Gasteiger partial charge in [0, 0.05) is 31.3 Å². The van der Waals surface area contributed by atoms with Crippen LogP contribution in [0.2, 0.25) is 0 Å². The molecule has 1 aromatic carbocycles. The second-order valence-electron chi connectivity index (χ2n) is 6.18. The molecular formula is C17H19N3O3. The third-order valence-electron chi connectivity index (χ3n) is 4.88. The van der Waals surface area contributed by atoms with Crippen molar-refractivity contribution in [2.75, 3.05) is 38.3 Å². The zero-order valence-electron chi connectivity index (χ0n) is 13.0. The van der Waals surface area contributed by atoms with E-state index in [2.05, 4.69) is 20.9 Å². The van der Waals surface area contributed by atoms with Crippen molar-refractivity contribution >= 4 is 5.95 Å². The molecule has 0 saturated carbocycles. The van der Waals surface area contributed by atoms with E-state index in [4.69, 9.17) is 9.47 Å². The summed E-state index contributed by atoms with van der Waals surface area (Å²) in [7, 11) is 1.59. The molecule has 1 N–H and O–H groups in total. The number of para-hydroxylation sites is 1. The van der Waals surface area contributed by atoms with E-state index < -0.39 is 0 Å². The van der Waals surface area contributed by atoms with Crippen LogP contribution in [0.3, 0.4) is 0 Å². The number of methoxy groups -OCH3 is 1. The molecule has 0 amide bonds. The number of ether oxygens (including phenoxy) is 2. The average Bonchev–Trinajstić information content (AvgIpc) is 3.02. The van der Waals surface area contributed by atoms with Crippen molar-refractivity contribution < 1.29 is 14.6 Å². The van der Waals surface area contributed by atoms with Gasteiger partial charge in [0.1, 0.15) is 5.75 Å². The summed E-state index contributed by atoms with van der Waals surface area (Å²) in [5, 5.41) is 10.1. The van der Waals surface area contributed by atoms with Gasteiger partial charge in [0.25, 0.3) is 0 Å². The molecule has 0 spiro atoms. The summed E-state index contributed by atoms with van der Waals surface area (Å²) in [5.74, 6) is 2.28. The number of hydrogen-bond acceptors (Lipinski definition) is 6. The Hall–Kier alpha value is -2.34. The maximum absolute atomic E-state index is 10.1. The van der Waals surface area contributed by atoms with Crippen LogP contribution in [-0.2, 0) is 0 Å². The molecule has 0 bridgehead atoms. The average molecular weight is 313 g/mol. The summed E-state index contributed by atoms with van der Waals surface area (Å²) < 4.78 is 11.1.